The molecular formula is C24H24O14. The molecule has 1 aliphatic heterocycles. The molecule has 2 aromatic rings. The van der Waals surface area contributed by atoms with Crippen molar-refractivity contribution in [2.45, 2.75) is 36.3 Å². The Morgan fingerprint density at radius 3 is 1.79 bits per heavy atom. The van der Waals surface area contributed by atoms with E-state index in [0.29, 0.717) is 12.2 Å². The number of benzene rings is 2. The topological polar surface area (TPSA) is 266 Å². The summed E-state index contributed by atoms with van der Waals surface area (Å²) in [6, 6.07) is 5.67. The summed E-state index contributed by atoms with van der Waals surface area (Å²) >= 11 is 0. The van der Waals surface area contributed by atoms with Crippen LogP contribution in [0.2, 0.25) is 0 Å². The summed E-state index contributed by atoms with van der Waals surface area (Å²) in [5.74, 6) is -9.17. The lowest BCUT2D eigenvalue weighted by Crippen LogP contribution is -2.67. The summed E-state index contributed by atoms with van der Waals surface area (Å²) in [5.41, 5.74) is -1.86. The van der Waals surface area contributed by atoms with Gasteiger partial charge in [0.15, 0.2) is 23.0 Å². The highest BCUT2D eigenvalue weighted by atomic mass is 16.7. The number of carbonyl (C=O) groups is 2. The fourth-order valence-corrected chi connectivity index (χ4v) is 3.99. The fraction of sp³-hybridized carbons (Fsp3) is 0.250. The minimum Gasteiger partial charge on any atom is -0.504 e. The lowest BCUT2D eigenvalue weighted by Gasteiger charge is -2.48. The summed E-state index contributed by atoms with van der Waals surface area (Å²) in [4.78, 5) is 23.0. The number of aliphatic hydroxyl groups is 5. The monoisotopic (exact) mass is 536 g/mol. The smallest absolute Gasteiger partial charge is 0.328 e. The number of rotatable bonds is 7. The van der Waals surface area contributed by atoms with Crippen molar-refractivity contribution < 1.29 is 70.5 Å². The predicted octanol–water partition coefficient (Wildman–Crippen LogP) is -1.32. The second kappa shape index (κ2) is 10.7. The molecule has 1 fully saturated rings. The summed E-state index contributed by atoms with van der Waals surface area (Å²) in [7, 11) is 0. The van der Waals surface area contributed by atoms with E-state index < -0.39 is 82.4 Å². The van der Waals surface area contributed by atoms with Gasteiger partial charge in [0.2, 0.25) is 5.79 Å². The molecule has 11 N–H and O–H groups in total. The van der Waals surface area contributed by atoms with E-state index in [-0.39, 0.29) is 11.1 Å². The predicted molar refractivity (Wildman–Crippen MR) is 125 cm³/mol. The van der Waals surface area contributed by atoms with Gasteiger partial charge in [-0.25, -0.2) is 9.59 Å². The highest BCUT2D eigenvalue weighted by molar-refractivity contribution is 5.93. The Balaban J connectivity index is 2.15. The molecule has 0 aliphatic carbocycles. The molecule has 1 aliphatic rings. The van der Waals surface area contributed by atoms with Gasteiger partial charge in [0.1, 0.15) is 30.5 Å². The highest BCUT2D eigenvalue weighted by Crippen LogP contribution is 2.42. The van der Waals surface area contributed by atoms with Crippen molar-refractivity contribution in [2.24, 2.45) is 0 Å². The first-order valence-electron chi connectivity index (χ1n) is 10.7. The molecule has 38 heavy (non-hydrogen) atoms. The van der Waals surface area contributed by atoms with Crippen LogP contribution in [-0.2, 0) is 14.3 Å². The molecule has 0 saturated carbocycles. The van der Waals surface area contributed by atoms with E-state index in [1.54, 1.807) is 0 Å². The summed E-state index contributed by atoms with van der Waals surface area (Å²) < 4.78 is 5.38. The lowest BCUT2D eigenvalue weighted by atomic mass is 9.82. The van der Waals surface area contributed by atoms with Crippen molar-refractivity contribution in [3.05, 3.63) is 59.7 Å². The number of phenols is 4. The zero-order valence-electron chi connectivity index (χ0n) is 19.1. The normalized spacial score (nSPS) is 27.1. The Morgan fingerprint density at radius 1 is 0.789 bits per heavy atom. The lowest BCUT2D eigenvalue weighted by molar-refractivity contribution is -0.326. The maximum Gasteiger partial charge on any atom is 0.328 e. The average molecular weight is 536 g/mol. The van der Waals surface area contributed by atoms with Crippen LogP contribution in [0.25, 0.3) is 11.1 Å². The van der Waals surface area contributed by atoms with Crippen molar-refractivity contribution in [3.63, 3.8) is 0 Å². The van der Waals surface area contributed by atoms with Crippen LogP contribution in [0, 0.1) is 0 Å². The summed E-state index contributed by atoms with van der Waals surface area (Å²) in [5, 5.41) is 112. The molecular weight excluding hydrogens is 512 g/mol. The fourth-order valence-electron chi connectivity index (χ4n) is 3.99. The Kier molecular flexibility index (Phi) is 7.97. The first-order valence-corrected chi connectivity index (χ1v) is 10.7. The number of carboxylic acids is 2. The van der Waals surface area contributed by atoms with Crippen LogP contribution in [0.3, 0.4) is 0 Å². The molecule has 0 amide bonds. The molecule has 1 heterocycles. The summed E-state index contributed by atoms with van der Waals surface area (Å²) in [6.07, 6.45) is -10.5. The van der Waals surface area contributed by atoms with Crippen LogP contribution in [0.15, 0.2) is 48.6 Å². The molecule has 1 unspecified atom stereocenters. The zero-order valence-corrected chi connectivity index (χ0v) is 19.1. The standard InChI is InChI=1S/C24H24O14/c25-13-3-1-9(5-15(13)27)11(7-17(29)30)19(33)22-20(34)21(35)23(36)24(37,38-22)12(8-18(31)32)10-2-4-14(26)16(28)6-10/h1-8,19-23,25-28,33-37H,(H,29,30)(H,31,32)/b11-7+,12-8+/t19?,20-,21-,22+,23+,24+/m0/s1. The summed E-state index contributed by atoms with van der Waals surface area (Å²) in [6.45, 7) is 0. The molecule has 0 radical (unpaired) electrons. The maximum absolute atomic E-state index is 11.5. The molecule has 3 rings (SSSR count). The molecule has 1 saturated heterocycles. The first kappa shape index (κ1) is 28.4. The van der Waals surface area contributed by atoms with Crippen LogP contribution in [0.1, 0.15) is 11.1 Å². The SMILES string of the molecule is O=C(O)/C=C(\c1ccc(O)c(O)c1)C(O)[C@H]1O[C@](O)(/C(=C/C(=O)O)c2ccc(O)c(O)c2)[C@H](O)[C@@H](O)[C@@H]1O. The Labute approximate surface area is 213 Å². The molecule has 0 aromatic heterocycles. The second-order valence-electron chi connectivity index (χ2n) is 8.39. The van der Waals surface area contributed by atoms with Gasteiger partial charge in [-0.2, -0.15) is 0 Å². The number of hydrogen-bond donors (Lipinski definition) is 11. The van der Waals surface area contributed by atoms with E-state index >= 15 is 0 Å². The number of aliphatic carboxylic acids is 2. The van der Waals surface area contributed by atoms with E-state index in [1.165, 1.54) is 0 Å². The third-order valence-corrected chi connectivity index (χ3v) is 5.88. The Bertz CT molecular complexity index is 1300. The number of aromatic hydroxyl groups is 4. The van der Waals surface area contributed by atoms with Gasteiger partial charge < -0.3 is 60.9 Å². The number of carboxylic acid groups (broad SMARTS) is 2. The molecule has 204 valence electrons. The largest absolute Gasteiger partial charge is 0.504 e. The van der Waals surface area contributed by atoms with Crippen molar-refractivity contribution in [3.8, 4) is 23.0 Å². The quantitative estimate of drug-likeness (QED) is 0.145. The minimum atomic E-state index is -3.20. The van der Waals surface area contributed by atoms with E-state index in [1.807, 2.05) is 0 Å². The Hall–Kier alpha value is -4.18. The molecule has 0 spiro atoms. The van der Waals surface area contributed by atoms with Gasteiger partial charge in [0.25, 0.3) is 0 Å². The number of hydrogen-bond acceptors (Lipinski definition) is 12. The van der Waals surface area contributed by atoms with E-state index in [0.717, 1.165) is 36.4 Å². The average Bonchev–Trinajstić information content (AvgIpc) is 2.85. The number of aliphatic hydroxyl groups excluding tert-OH is 4. The van der Waals surface area contributed by atoms with Crippen molar-refractivity contribution in [2.75, 3.05) is 0 Å². The van der Waals surface area contributed by atoms with Crippen LogP contribution in [0.5, 0.6) is 23.0 Å². The van der Waals surface area contributed by atoms with Gasteiger partial charge in [-0.15, -0.1) is 0 Å². The molecule has 2 aromatic carbocycles. The Morgan fingerprint density at radius 2 is 1.29 bits per heavy atom. The number of phenolic OH excluding ortho intramolecular Hbond substituents is 4. The van der Waals surface area contributed by atoms with E-state index in [4.69, 9.17) is 4.74 Å². The second-order valence-corrected chi connectivity index (χ2v) is 8.39. The first-order chi connectivity index (χ1) is 17.7. The third-order valence-electron chi connectivity index (χ3n) is 5.88. The van der Waals surface area contributed by atoms with Gasteiger partial charge in [-0.05, 0) is 41.0 Å². The third kappa shape index (κ3) is 5.40. The zero-order chi connectivity index (χ0) is 28.5. The maximum atomic E-state index is 11.5. The van der Waals surface area contributed by atoms with Crippen LogP contribution < -0.4 is 0 Å². The van der Waals surface area contributed by atoms with Crippen molar-refractivity contribution >= 4 is 23.1 Å². The van der Waals surface area contributed by atoms with Crippen LogP contribution in [0.4, 0.5) is 0 Å². The van der Waals surface area contributed by atoms with Crippen molar-refractivity contribution in [1.82, 2.24) is 0 Å². The highest BCUT2D eigenvalue weighted by Gasteiger charge is 2.57. The van der Waals surface area contributed by atoms with Crippen LogP contribution >= 0.6 is 0 Å². The van der Waals surface area contributed by atoms with Crippen molar-refractivity contribution in [1.29, 1.82) is 0 Å². The van der Waals surface area contributed by atoms with E-state index in [2.05, 4.69) is 0 Å². The van der Waals surface area contributed by atoms with Gasteiger partial charge >= 0.3 is 11.9 Å². The molecule has 0 bridgehead atoms. The van der Waals surface area contributed by atoms with Gasteiger partial charge in [0, 0.05) is 17.7 Å². The minimum absolute atomic E-state index is 0.195. The molecule has 6 atom stereocenters. The van der Waals surface area contributed by atoms with Crippen LogP contribution in [-0.4, -0.2) is 104 Å². The molecule has 14 heteroatoms. The number of ether oxygens (including phenoxy) is 1. The van der Waals surface area contributed by atoms with Gasteiger partial charge in [0.05, 0.1) is 0 Å². The van der Waals surface area contributed by atoms with Gasteiger partial charge in [-0.3, -0.25) is 0 Å². The van der Waals surface area contributed by atoms with Gasteiger partial charge in [-0.1, -0.05) is 12.1 Å². The van der Waals surface area contributed by atoms with E-state index in [9.17, 15) is 65.8 Å². The molecule has 14 nitrogen and oxygen atoms in total.